The van der Waals surface area contributed by atoms with Crippen molar-refractivity contribution < 1.29 is 19.0 Å². The summed E-state index contributed by atoms with van der Waals surface area (Å²) in [5, 5.41) is 3.05. The average molecular weight is 386 g/mol. The fourth-order valence-corrected chi connectivity index (χ4v) is 2.89. The molecule has 0 aromatic heterocycles. The number of rotatable bonds is 10. The monoisotopic (exact) mass is 385 g/mol. The summed E-state index contributed by atoms with van der Waals surface area (Å²) in [5.74, 6) is 1.99. The van der Waals surface area contributed by atoms with E-state index in [1.807, 2.05) is 77.1 Å². The molecule has 5 nitrogen and oxygen atoms in total. The summed E-state index contributed by atoms with van der Waals surface area (Å²) in [6, 6.07) is 13.3. The molecule has 0 saturated carbocycles. The van der Waals surface area contributed by atoms with Crippen molar-refractivity contribution in [2.24, 2.45) is 0 Å². The lowest BCUT2D eigenvalue weighted by Gasteiger charge is -2.22. The first-order valence-corrected chi connectivity index (χ1v) is 9.92. The van der Waals surface area contributed by atoms with Gasteiger partial charge in [0.25, 0.3) is 5.91 Å². The predicted molar refractivity (Wildman–Crippen MR) is 111 cm³/mol. The van der Waals surface area contributed by atoms with Crippen LogP contribution in [0.5, 0.6) is 17.2 Å². The maximum Gasteiger partial charge on any atom is 0.261 e. The van der Waals surface area contributed by atoms with Crippen molar-refractivity contribution in [3.05, 3.63) is 53.6 Å². The molecule has 0 aliphatic rings. The molecule has 2 atom stereocenters. The third-order valence-electron chi connectivity index (χ3n) is 4.45. The number of benzene rings is 2. The second-order valence-electron chi connectivity index (χ2n) is 6.58. The Morgan fingerprint density at radius 1 is 0.964 bits per heavy atom. The van der Waals surface area contributed by atoms with E-state index in [0.29, 0.717) is 31.1 Å². The number of hydrogen-bond acceptors (Lipinski definition) is 4. The van der Waals surface area contributed by atoms with E-state index in [1.165, 1.54) is 0 Å². The third-order valence-corrected chi connectivity index (χ3v) is 4.45. The molecule has 5 heteroatoms. The molecule has 2 aromatic carbocycles. The van der Waals surface area contributed by atoms with Crippen molar-refractivity contribution in [1.82, 2.24) is 5.32 Å². The van der Waals surface area contributed by atoms with E-state index >= 15 is 0 Å². The van der Waals surface area contributed by atoms with Gasteiger partial charge in [0.1, 0.15) is 5.75 Å². The quantitative estimate of drug-likeness (QED) is 0.637. The average Bonchev–Trinajstić information content (AvgIpc) is 2.68. The molecule has 28 heavy (non-hydrogen) atoms. The van der Waals surface area contributed by atoms with Crippen molar-refractivity contribution in [3.63, 3.8) is 0 Å². The summed E-state index contributed by atoms with van der Waals surface area (Å²) in [7, 11) is 0. The molecule has 0 aliphatic carbocycles. The van der Waals surface area contributed by atoms with Gasteiger partial charge in [-0.05, 0) is 63.4 Å². The Morgan fingerprint density at radius 2 is 1.64 bits per heavy atom. The molecule has 0 heterocycles. The lowest BCUT2D eigenvalue weighted by molar-refractivity contribution is -0.128. The van der Waals surface area contributed by atoms with Crippen LogP contribution < -0.4 is 19.5 Å². The lowest BCUT2D eigenvalue weighted by atomic mass is 10.1. The third kappa shape index (κ3) is 5.65. The van der Waals surface area contributed by atoms with Gasteiger partial charge >= 0.3 is 0 Å². The van der Waals surface area contributed by atoms with Gasteiger partial charge in [0.2, 0.25) is 0 Å². The first kappa shape index (κ1) is 21.6. The number of ether oxygens (including phenoxy) is 3. The first-order chi connectivity index (χ1) is 13.5. The predicted octanol–water partition coefficient (Wildman–Crippen LogP) is 4.83. The van der Waals surface area contributed by atoms with E-state index in [1.54, 1.807) is 0 Å². The second kappa shape index (κ2) is 10.6. The zero-order valence-corrected chi connectivity index (χ0v) is 17.5. The highest BCUT2D eigenvalue weighted by Gasteiger charge is 2.22. The normalized spacial score (nSPS) is 12.8. The molecule has 0 fully saturated rings. The fourth-order valence-electron chi connectivity index (χ4n) is 2.89. The van der Waals surface area contributed by atoms with E-state index in [4.69, 9.17) is 14.2 Å². The molecule has 2 aromatic rings. The highest BCUT2D eigenvalue weighted by Crippen LogP contribution is 2.31. The van der Waals surface area contributed by atoms with Gasteiger partial charge in [0, 0.05) is 0 Å². The van der Waals surface area contributed by atoms with Gasteiger partial charge in [-0.3, -0.25) is 4.79 Å². The van der Waals surface area contributed by atoms with E-state index < -0.39 is 6.10 Å². The summed E-state index contributed by atoms with van der Waals surface area (Å²) in [4.78, 5) is 12.8. The molecule has 1 N–H and O–H groups in total. The highest BCUT2D eigenvalue weighted by atomic mass is 16.5. The van der Waals surface area contributed by atoms with Crippen LogP contribution in [-0.2, 0) is 4.79 Å². The van der Waals surface area contributed by atoms with Gasteiger partial charge < -0.3 is 19.5 Å². The van der Waals surface area contributed by atoms with Gasteiger partial charge in [-0.15, -0.1) is 0 Å². The van der Waals surface area contributed by atoms with Gasteiger partial charge in [-0.25, -0.2) is 0 Å². The van der Waals surface area contributed by atoms with Crippen molar-refractivity contribution in [3.8, 4) is 17.2 Å². The number of hydrogen-bond donors (Lipinski definition) is 1. The summed E-state index contributed by atoms with van der Waals surface area (Å²) < 4.78 is 17.2. The van der Waals surface area contributed by atoms with Crippen LogP contribution in [-0.4, -0.2) is 25.2 Å². The van der Waals surface area contributed by atoms with Crippen LogP contribution in [0.15, 0.2) is 42.5 Å². The summed E-state index contributed by atoms with van der Waals surface area (Å²) in [6.07, 6.45) is 0.0398. The van der Waals surface area contributed by atoms with Crippen LogP contribution >= 0.6 is 0 Å². The Kier molecular flexibility index (Phi) is 8.18. The molecule has 1 amide bonds. The maximum absolute atomic E-state index is 12.8. The van der Waals surface area contributed by atoms with Crippen molar-refractivity contribution in [2.45, 2.75) is 53.2 Å². The Hall–Kier alpha value is -2.69. The minimum absolute atomic E-state index is 0.134. The number of para-hydroxylation sites is 1. The number of aryl methyl sites for hydroxylation is 1. The first-order valence-electron chi connectivity index (χ1n) is 9.92. The molecule has 0 bridgehead atoms. The molecule has 0 radical (unpaired) electrons. The second-order valence-corrected chi connectivity index (χ2v) is 6.58. The lowest BCUT2D eigenvalue weighted by Crippen LogP contribution is -2.39. The zero-order valence-electron chi connectivity index (χ0n) is 17.5. The largest absolute Gasteiger partial charge is 0.490 e. The van der Waals surface area contributed by atoms with Gasteiger partial charge in [-0.2, -0.15) is 0 Å². The van der Waals surface area contributed by atoms with Crippen LogP contribution in [0.3, 0.4) is 0 Å². The molecule has 152 valence electrons. The standard InChI is InChI=1S/C23H31NO4/c1-6-19(28-20-12-10-9-11-16(20)4)23(25)24-17(5)18-13-14-21(26-7-2)22(15-18)27-8-3/h9-15,17,19H,6-8H2,1-5H3,(H,24,25)/t17-,19-/m1/s1. The highest BCUT2D eigenvalue weighted by molar-refractivity contribution is 5.81. The van der Waals surface area contributed by atoms with E-state index in [-0.39, 0.29) is 11.9 Å². The topological polar surface area (TPSA) is 56.8 Å². The molecule has 0 spiro atoms. The minimum atomic E-state index is -0.544. The van der Waals surface area contributed by atoms with Crippen LogP contribution in [0, 0.1) is 6.92 Å². The molecule has 0 saturated heterocycles. The van der Waals surface area contributed by atoms with Gasteiger partial charge in [-0.1, -0.05) is 31.2 Å². The summed E-state index contributed by atoms with van der Waals surface area (Å²) in [6.45, 7) is 10.8. The maximum atomic E-state index is 12.8. The Balaban J connectivity index is 2.09. The number of amides is 1. The van der Waals surface area contributed by atoms with Crippen molar-refractivity contribution >= 4 is 5.91 Å². The minimum Gasteiger partial charge on any atom is -0.490 e. The number of carbonyl (C=O) groups excluding carboxylic acids is 1. The van der Waals surface area contributed by atoms with Gasteiger partial charge in [0.05, 0.1) is 19.3 Å². The Morgan fingerprint density at radius 3 is 2.29 bits per heavy atom. The summed E-state index contributed by atoms with van der Waals surface area (Å²) in [5.41, 5.74) is 1.96. The van der Waals surface area contributed by atoms with Crippen LogP contribution in [0.4, 0.5) is 0 Å². The molecule has 2 rings (SSSR count). The molecular formula is C23H31NO4. The van der Waals surface area contributed by atoms with E-state index in [9.17, 15) is 4.79 Å². The van der Waals surface area contributed by atoms with E-state index in [2.05, 4.69) is 5.32 Å². The summed E-state index contributed by atoms with van der Waals surface area (Å²) >= 11 is 0. The smallest absolute Gasteiger partial charge is 0.261 e. The molecule has 0 unspecified atom stereocenters. The van der Waals surface area contributed by atoms with E-state index in [0.717, 1.165) is 16.9 Å². The Bertz CT molecular complexity index is 775. The molecule has 0 aliphatic heterocycles. The van der Waals surface area contributed by atoms with Gasteiger partial charge in [0.15, 0.2) is 17.6 Å². The van der Waals surface area contributed by atoms with Crippen molar-refractivity contribution in [1.29, 1.82) is 0 Å². The van der Waals surface area contributed by atoms with Crippen LogP contribution in [0.2, 0.25) is 0 Å². The Labute approximate surface area is 168 Å². The molecular weight excluding hydrogens is 354 g/mol. The van der Waals surface area contributed by atoms with Crippen molar-refractivity contribution in [2.75, 3.05) is 13.2 Å². The number of nitrogens with one attached hydrogen (secondary N) is 1. The van der Waals surface area contributed by atoms with Crippen LogP contribution in [0.1, 0.15) is 51.3 Å². The van der Waals surface area contributed by atoms with Crippen LogP contribution in [0.25, 0.3) is 0 Å². The fraction of sp³-hybridized carbons (Fsp3) is 0.435. The number of carbonyl (C=O) groups is 1. The SMILES string of the molecule is CCOc1ccc([C@@H](C)NC(=O)[C@@H](CC)Oc2ccccc2C)cc1OCC. The zero-order chi connectivity index (χ0) is 20.5.